The van der Waals surface area contributed by atoms with Gasteiger partial charge in [0.15, 0.2) is 0 Å². The molecule has 1 rings (SSSR count). The van der Waals surface area contributed by atoms with Gasteiger partial charge < -0.3 is 5.32 Å². The number of amidine groups is 1. The predicted molar refractivity (Wildman–Crippen MR) is 34.2 cm³/mol. The Morgan fingerprint density at radius 3 is 2.38 bits per heavy atom. The summed E-state index contributed by atoms with van der Waals surface area (Å²) in [5.74, 6) is 0.606. The standard InChI is InChI=1S/C6H12N2/c1-5(7)8-6-3-2-4-6/h6H,2-4H2,1H3,(H2,7,8). The zero-order chi connectivity index (χ0) is 5.98. The number of nitrogens with one attached hydrogen (secondary N) is 2. The van der Waals surface area contributed by atoms with E-state index in [0.717, 1.165) is 0 Å². The lowest BCUT2D eigenvalue weighted by molar-refractivity contribution is 0.382. The minimum atomic E-state index is 0.606. The van der Waals surface area contributed by atoms with Crippen molar-refractivity contribution in [3.8, 4) is 0 Å². The molecular formula is C6H12N2. The van der Waals surface area contributed by atoms with Gasteiger partial charge >= 0.3 is 0 Å². The van der Waals surface area contributed by atoms with Gasteiger partial charge in [0.25, 0.3) is 0 Å². The SMILES string of the molecule is CC(=N)NC1CCC1. The minimum absolute atomic E-state index is 0.606. The molecule has 46 valence electrons. The zero-order valence-corrected chi connectivity index (χ0v) is 5.20. The van der Waals surface area contributed by atoms with Crippen LogP contribution in [0.25, 0.3) is 0 Å². The summed E-state index contributed by atoms with van der Waals surface area (Å²) in [5, 5.41) is 10.1. The summed E-state index contributed by atoms with van der Waals surface area (Å²) in [6, 6.07) is 0.632. The van der Waals surface area contributed by atoms with Crippen LogP contribution in [0, 0.1) is 5.41 Å². The Labute approximate surface area is 49.8 Å². The molecule has 2 N–H and O–H groups in total. The highest BCUT2D eigenvalue weighted by Gasteiger charge is 2.15. The zero-order valence-electron chi connectivity index (χ0n) is 5.20. The maximum absolute atomic E-state index is 7.05. The molecule has 1 aliphatic rings. The normalized spacial score (nSPS) is 19.6. The van der Waals surface area contributed by atoms with Crippen molar-refractivity contribution in [1.82, 2.24) is 5.32 Å². The molecule has 0 bridgehead atoms. The van der Waals surface area contributed by atoms with E-state index in [4.69, 9.17) is 5.41 Å². The molecule has 2 nitrogen and oxygen atoms in total. The van der Waals surface area contributed by atoms with Crippen LogP contribution in [-0.2, 0) is 0 Å². The number of hydrogen-bond donors (Lipinski definition) is 2. The average molecular weight is 112 g/mol. The minimum Gasteiger partial charge on any atom is -0.372 e. The van der Waals surface area contributed by atoms with Gasteiger partial charge in [-0.3, -0.25) is 5.41 Å². The highest BCUT2D eigenvalue weighted by Crippen LogP contribution is 2.17. The Morgan fingerprint density at radius 1 is 1.62 bits per heavy atom. The molecule has 1 saturated carbocycles. The van der Waals surface area contributed by atoms with Gasteiger partial charge in [-0.25, -0.2) is 0 Å². The molecule has 0 radical (unpaired) electrons. The molecule has 2 heteroatoms. The monoisotopic (exact) mass is 112 g/mol. The van der Waals surface area contributed by atoms with Gasteiger partial charge in [-0.15, -0.1) is 0 Å². The van der Waals surface area contributed by atoms with Gasteiger partial charge in [0.05, 0.1) is 5.84 Å². The third kappa shape index (κ3) is 1.22. The molecule has 0 aromatic rings. The lowest BCUT2D eigenvalue weighted by atomic mass is 9.93. The second-order valence-electron chi connectivity index (χ2n) is 2.40. The van der Waals surface area contributed by atoms with E-state index in [1.54, 1.807) is 6.92 Å². The Balaban J connectivity index is 2.09. The van der Waals surface area contributed by atoms with E-state index in [0.29, 0.717) is 11.9 Å². The Morgan fingerprint density at radius 2 is 2.25 bits per heavy atom. The van der Waals surface area contributed by atoms with E-state index >= 15 is 0 Å². The first-order valence-corrected chi connectivity index (χ1v) is 3.11. The smallest absolute Gasteiger partial charge is 0.0901 e. The average Bonchev–Trinajstić information content (AvgIpc) is 1.55. The highest BCUT2D eigenvalue weighted by molar-refractivity contribution is 5.76. The number of hydrogen-bond acceptors (Lipinski definition) is 1. The first-order valence-electron chi connectivity index (χ1n) is 3.11. The van der Waals surface area contributed by atoms with Gasteiger partial charge in [0.1, 0.15) is 0 Å². The molecular weight excluding hydrogens is 100 g/mol. The van der Waals surface area contributed by atoms with Gasteiger partial charge in [0, 0.05) is 6.04 Å². The lowest BCUT2D eigenvalue weighted by Crippen LogP contribution is -2.37. The van der Waals surface area contributed by atoms with Crippen LogP contribution < -0.4 is 5.32 Å². The molecule has 0 unspecified atom stereocenters. The summed E-state index contributed by atoms with van der Waals surface area (Å²) in [7, 11) is 0. The second kappa shape index (κ2) is 2.16. The fourth-order valence-electron chi connectivity index (χ4n) is 0.859. The Hall–Kier alpha value is -0.530. The van der Waals surface area contributed by atoms with Crippen LogP contribution in [0.3, 0.4) is 0 Å². The molecule has 0 heterocycles. The topological polar surface area (TPSA) is 35.9 Å². The highest BCUT2D eigenvalue weighted by atomic mass is 15.0. The van der Waals surface area contributed by atoms with Crippen LogP contribution in [0.2, 0.25) is 0 Å². The summed E-state index contributed by atoms with van der Waals surface area (Å²) >= 11 is 0. The lowest BCUT2D eigenvalue weighted by Gasteiger charge is -2.26. The summed E-state index contributed by atoms with van der Waals surface area (Å²) < 4.78 is 0. The molecule has 0 aromatic heterocycles. The van der Waals surface area contributed by atoms with E-state index in [2.05, 4.69) is 5.32 Å². The fourth-order valence-corrected chi connectivity index (χ4v) is 0.859. The van der Waals surface area contributed by atoms with Crippen molar-refractivity contribution in [2.45, 2.75) is 32.2 Å². The van der Waals surface area contributed by atoms with Gasteiger partial charge in [-0.1, -0.05) is 0 Å². The molecule has 0 amide bonds. The van der Waals surface area contributed by atoms with Crippen LogP contribution in [-0.4, -0.2) is 11.9 Å². The molecule has 0 atom stereocenters. The van der Waals surface area contributed by atoms with Crippen molar-refractivity contribution in [2.75, 3.05) is 0 Å². The molecule has 0 saturated heterocycles. The van der Waals surface area contributed by atoms with Crippen molar-refractivity contribution in [3.63, 3.8) is 0 Å². The first-order chi connectivity index (χ1) is 3.79. The number of rotatable bonds is 1. The first kappa shape index (κ1) is 5.60. The van der Waals surface area contributed by atoms with Crippen molar-refractivity contribution in [2.24, 2.45) is 0 Å². The van der Waals surface area contributed by atoms with Crippen LogP contribution in [0.15, 0.2) is 0 Å². The molecule has 0 spiro atoms. The maximum Gasteiger partial charge on any atom is 0.0901 e. The van der Waals surface area contributed by atoms with Gasteiger partial charge in [-0.2, -0.15) is 0 Å². The van der Waals surface area contributed by atoms with E-state index in [1.165, 1.54) is 19.3 Å². The summed E-state index contributed by atoms with van der Waals surface area (Å²) in [6.45, 7) is 1.79. The van der Waals surface area contributed by atoms with E-state index in [1.807, 2.05) is 0 Å². The maximum atomic E-state index is 7.05. The summed E-state index contributed by atoms with van der Waals surface area (Å²) in [4.78, 5) is 0. The molecule has 8 heavy (non-hydrogen) atoms. The molecule has 1 fully saturated rings. The van der Waals surface area contributed by atoms with Crippen LogP contribution in [0.4, 0.5) is 0 Å². The fraction of sp³-hybridized carbons (Fsp3) is 0.833. The van der Waals surface area contributed by atoms with Crippen molar-refractivity contribution in [3.05, 3.63) is 0 Å². The second-order valence-corrected chi connectivity index (χ2v) is 2.40. The van der Waals surface area contributed by atoms with Crippen molar-refractivity contribution >= 4 is 5.84 Å². The van der Waals surface area contributed by atoms with Gasteiger partial charge in [0.2, 0.25) is 0 Å². The van der Waals surface area contributed by atoms with Crippen LogP contribution in [0.1, 0.15) is 26.2 Å². The molecule has 0 aromatic carbocycles. The molecule has 1 aliphatic carbocycles. The van der Waals surface area contributed by atoms with Gasteiger partial charge in [-0.05, 0) is 26.2 Å². The van der Waals surface area contributed by atoms with Crippen LogP contribution >= 0.6 is 0 Å². The van der Waals surface area contributed by atoms with Crippen molar-refractivity contribution < 1.29 is 0 Å². The predicted octanol–water partition coefficient (Wildman–Crippen LogP) is 1.13. The van der Waals surface area contributed by atoms with E-state index in [-0.39, 0.29) is 0 Å². The quantitative estimate of drug-likeness (QED) is 0.387. The van der Waals surface area contributed by atoms with E-state index < -0.39 is 0 Å². The molecule has 0 aliphatic heterocycles. The summed E-state index contributed by atoms with van der Waals surface area (Å²) in [5.41, 5.74) is 0. The summed E-state index contributed by atoms with van der Waals surface area (Å²) in [6.07, 6.45) is 3.86. The van der Waals surface area contributed by atoms with Crippen LogP contribution in [0.5, 0.6) is 0 Å². The largest absolute Gasteiger partial charge is 0.372 e. The van der Waals surface area contributed by atoms with Crippen molar-refractivity contribution in [1.29, 1.82) is 5.41 Å². The Kier molecular flexibility index (Phi) is 1.51. The third-order valence-electron chi connectivity index (χ3n) is 1.53. The van der Waals surface area contributed by atoms with E-state index in [9.17, 15) is 0 Å². The third-order valence-corrected chi connectivity index (χ3v) is 1.53. The Bertz CT molecular complexity index is 94.7.